The zero-order valence-corrected chi connectivity index (χ0v) is 14.1. The van der Waals surface area contributed by atoms with Crippen molar-refractivity contribution in [1.29, 1.82) is 0 Å². The number of nitrogens with zero attached hydrogens (tertiary/aromatic N) is 3. The molecular weight excluding hydrogens is 304 g/mol. The number of benzene rings is 1. The molecule has 1 aromatic heterocycles. The first kappa shape index (κ1) is 16.0. The first-order valence-electron chi connectivity index (χ1n) is 8.94. The van der Waals surface area contributed by atoms with E-state index >= 15 is 0 Å². The molecule has 2 aromatic rings. The van der Waals surface area contributed by atoms with Gasteiger partial charge in [0.05, 0.1) is 36.9 Å². The molecule has 2 saturated heterocycles. The summed E-state index contributed by atoms with van der Waals surface area (Å²) in [5.74, 6) is 1.04. The van der Waals surface area contributed by atoms with Gasteiger partial charge in [-0.1, -0.05) is 12.1 Å². The minimum Gasteiger partial charge on any atom is -0.379 e. The molecule has 4 rings (SSSR count). The second-order valence-corrected chi connectivity index (χ2v) is 6.70. The lowest BCUT2D eigenvalue weighted by molar-refractivity contribution is -0.0123. The van der Waals surface area contributed by atoms with Gasteiger partial charge in [0.25, 0.3) is 0 Å². The second kappa shape index (κ2) is 7.61. The van der Waals surface area contributed by atoms with Crippen LogP contribution in [0.2, 0.25) is 0 Å². The van der Waals surface area contributed by atoms with Crippen LogP contribution >= 0.6 is 0 Å². The van der Waals surface area contributed by atoms with Crippen molar-refractivity contribution >= 4 is 11.0 Å². The van der Waals surface area contributed by atoms with Crippen LogP contribution in [0.15, 0.2) is 24.3 Å². The van der Waals surface area contributed by atoms with Crippen molar-refractivity contribution in [3.63, 3.8) is 0 Å². The molecule has 24 heavy (non-hydrogen) atoms. The summed E-state index contributed by atoms with van der Waals surface area (Å²) >= 11 is 0. The molecule has 0 radical (unpaired) electrons. The van der Waals surface area contributed by atoms with E-state index in [9.17, 15) is 0 Å². The Bertz CT molecular complexity index is 620. The van der Waals surface area contributed by atoms with Crippen LogP contribution in [-0.2, 0) is 16.0 Å². The molecule has 0 amide bonds. The maximum absolute atomic E-state index is 6.08. The smallest absolute Gasteiger partial charge is 0.121 e. The summed E-state index contributed by atoms with van der Waals surface area (Å²) in [4.78, 5) is 13.1. The van der Waals surface area contributed by atoms with E-state index in [4.69, 9.17) is 14.5 Å². The zero-order valence-electron chi connectivity index (χ0n) is 14.1. The molecule has 1 atom stereocenters. The van der Waals surface area contributed by atoms with Crippen LogP contribution in [-0.4, -0.2) is 78.4 Å². The van der Waals surface area contributed by atoms with Crippen LogP contribution in [0.4, 0.5) is 0 Å². The van der Waals surface area contributed by atoms with E-state index in [-0.39, 0.29) is 6.10 Å². The van der Waals surface area contributed by atoms with Crippen molar-refractivity contribution in [3.8, 4) is 0 Å². The lowest BCUT2D eigenvalue weighted by Gasteiger charge is -2.31. The lowest BCUT2D eigenvalue weighted by atomic mass is 10.2. The molecule has 2 aliphatic heterocycles. The van der Waals surface area contributed by atoms with Gasteiger partial charge in [-0.25, -0.2) is 4.98 Å². The van der Waals surface area contributed by atoms with Gasteiger partial charge < -0.3 is 14.5 Å². The van der Waals surface area contributed by atoms with Crippen LogP contribution < -0.4 is 0 Å². The molecule has 0 spiro atoms. The highest BCUT2D eigenvalue weighted by Crippen LogP contribution is 2.14. The number of hydrogen-bond acceptors (Lipinski definition) is 5. The first-order valence-corrected chi connectivity index (χ1v) is 8.94. The normalized spacial score (nSPS) is 24.2. The van der Waals surface area contributed by atoms with Crippen molar-refractivity contribution in [2.45, 2.75) is 19.1 Å². The Labute approximate surface area is 142 Å². The number of fused-ring (bicyclic) bond motifs is 1. The highest BCUT2D eigenvalue weighted by Gasteiger charge is 2.23. The van der Waals surface area contributed by atoms with Gasteiger partial charge in [-0.15, -0.1) is 0 Å². The second-order valence-electron chi connectivity index (χ2n) is 6.70. The molecule has 6 nitrogen and oxygen atoms in total. The Morgan fingerprint density at radius 3 is 2.83 bits per heavy atom. The summed E-state index contributed by atoms with van der Waals surface area (Å²) in [5.41, 5.74) is 2.16. The van der Waals surface area contributed by atoms with Crippen molar-refractivity contribution < 1.29 is 9.47 Å². The SMILES string of the molecule is c1ccc2[nH]c(CN3CCCO[C@@H](CN4CCOCC4)C3)nc2c1. The van der Waals surface area contributed by atoms with Crippen LogP contribution in [0.25, 0.3) is 11.0 Å². The van der Waals surface area contributed by atoms with Crippen LogP contribution in [0.5, 0.6) is 0 Å². The third-order valence-corrected chi connectivity index (χ3v) is 4.81. The molecule has 0 unspecified atom stereocenters. The highest BCUT2D eigenvalue weighted by atomic mass is 16.5. The van der Waals surface area contributed by atoms with Crippen LogP contribution in [0.1, 0.15) is 12.2 Å². The van der Waals surface area contributed by atoms with Gasteiger partial charge in [-0.05, 0) is 18.6 Å². The van der Waals surface area contributed by atoms with Gasteiger partial charge in [0, 0.05) is 39.3 Å². The molecule has 6 heteroatoms. The molecule has 130 valence electrons. The van der Waals surface area contributed by atoms with Gasteiger partial charge in [0.15, 0.2) is 0 Å². The fraction of sp³-hybridized carbons (Fsp3) is 0.611. The van der Waals surface area contributed by atoms with Gasteiger partial charge in [-0.2, -0.15) is 0 Å². The fourth-order valence-corrected chi connectivity index (χ4v) is 3.59. The van der Waals surface area contributed by atoms with E-state index in [0.29, 0.717) is 0 Å². The zero-order chi connectivity index (χ0) is 16.2. The summed E-state index contributed by atoms with van der Waals surface area (Å²) < 4.78 is 11.5. The molecule has 0 saturated carbocycles. The van der Waals surface area contributed by atoms with Crippen molar-refractivity contribution in [1.82, 2.24) is 19.8 Å². The van der Waals surface area contributed by atoms with Crippen molar-refractivity contribution in [2.24, 2.45) is 0 Å². The average molecular weight is 330 g/mol. The first-order chi connectivity index (χ1) is 11.9. The molecule has 1 aromatic carbocycles. The number of para-hydroxylation sites is 2. The number of nitrogens with one attached hydrogen (secondary N) is 1. The molecule has 2 fully saturated rings. The maximum atomic E-state index is 6.08. The fourth-order valence-electron chi connectivity index (χ4n) is 3.59. The number of morpholine rings is 1. The number of aromatic amines is 1. The monoisotopic (exact) mass is 330 g/mol. The Kier molecular flexibility index (Phi) is 5.08. The van der Waals surface area contributed by atoms with E-state index in [2.05, 4.69) is 26.9 Å². The van der Waals surface area contributed by atoms with Gasteiger partial charge in [0.2, 0.25) is 0 Å². The number of imidazole rings is 1. The van der Waals surface area contributed by atoms with Gasteiger partial charge in [-0.3, -0.25) is 9.80 Å². The summed E-state index contributed by atoms with van der Waals surface area (Å²) in [6.45, 7) is 8.46. The maximum Gasteiger partial charge on any atom is 0.121 e. The summed E-state index contributed by atoms with van der Waals surface area (Å²) in [7, 11) is 0. The molecule has 1 N–H and O–H groups in total. The number of hydrogen-bond donors (Lipinski definition) is 1. The summed E-state index contributed by atoms with van der Waals surface area (Å²) in [6, 6.07) is 8.22. The highest BCUT2D eigenvalue weighted by molar-refractivity contribution is 5.74. The third kappa shape index (κ3) is 3.95. The van der Waals surface area contributed by atoms with Crippen LogP contribution in [0.3, 0.4) is 0 Å². The van der Waals surface area contributed by atoms with Crippen molar-refractivity contribution in [3.05, 3.63) is 30.1 Å². The van der Waals surface area contributed by atoms with E-state index < -0.39 is 0 Å². The third-order valence-electron chi connectivity index (χ3n) is 4.81. The minimum absolute atomic E-state index is 0.273. The predicted molar refractivity (Wildman–Crippen MR) is 93.0 cm³/mol. The Balaban J connectivity index is 1.38. The van der Waals surface area contributed by atoms with Crippen molar-refractivity contribution in [2.75, 3.05) is 52.5 Å². The molecule has 0 bridgehead atoms. The average Bonchev–Trinajstić information content (AvgIpc) is 2.88. The van der Waals surface area contributed by atoms with E-state index in [1.165, 1.54) is 0 Å². The summed E-state index contributed by atoms with van der Waals surface area (Å²) in [5, 5.41) is 0. The van der Waals surface area contributed by atoms with Gasteiger partial charge >= 0.3 is 0 Å². The predicted octanol–water partition coefficient (Wildman–Crippen LogP) is 1.49. The largest absolute Gasteiger partial charge is 0.379 e. The van der Waals surface area contributed by atoms with E-state index in [1.54, 1.807) is 0 Å². The quantitative estimate of drug-likeness (QED) is 0.920. The van der Waals surface area contributed by atoms with Gasteiger partial charge in [0.1, 0.15) is 5.82 Å². The number of aromatic nitrogens is 2. The summed E-state index contributed by atoms with van der Waals surface area (Å²) in [6.07, 6.45) is 1.36. The Hall–Kier alpha value is -1.47. The lowest BCUT2D eigenvalue weighted by Crippen LogP contribution is -2.44. The Morgan fingerprint density at radius 2 is 1.96 bits per heavy atom. The Morgan fingerprint density at radius 1 is 1.08 bits per heavy atom. The van der Waals surface area contributed by atoms with E-state index in [1.807, 2.05) is 12.1 Å². The number of rotatable bonds is 4. The van der Waals surface area contributed by atoms with E-state index in [0.717, 1.165) is 82.4 Å². The standard InChI is InChI=1S/C18H26N4O2/c1-2-5-17-16(4-1)19-18(20-17)14-22-6-3-9-24-15(13-22)12-21-7-10-23-11-8-21/h1-2,4-5,15H,3,6-14H2,(H,19,20)/t15-/m0/s1. The molecule has 0 aliphatic carbocycles. The number of H-pyrrole nitrogens is 1. The van der Waals surface area contributed by atoms with Crippen LogP contribution in [0, 0.1) is 0 Å². The minimum atomic E-state index is 0.273. The molecule has 2 aliphatic rings. The molecule has 3 heterocycles. The molecular formula is C18H26N4O2. The topological polar surface area (TPSA) is 53.6 Å². The number of ether oxygens (including phenoxy) is 2.